The van der Waals surface area contributed by atoms with Crippen LogP contribution in [0.2, 0.25) is 0 Å². The summed E-state index contributed by atoms with van der Waals surface area (Å²) < 4.78 is 7.80. The first-order valence-corrected chi connectivity index (χ1v) is 7.18. The van der Waals surface area contributed by atoms with E-state index >= 15 is 0 Å². The molecule has 0 unspecified atom stereocenters. The van der Waals surface area contributed by atoms with E-state index in [0.29, 0.717) is 12.2 Å². The third-order valence-corrected chi connectivity index (χ3v) is 3.90. The van der Waals surface area contributed by atoms with Crippen molar-refractivity contribution in [2.45, 2.75) is 6.61 Å². The number of carbonyl (C=O) groups excluding carboxylic acids is 1. The van der Waals surface area contributed by atoms with Gasteiger partial charge in [-0.2, -0.15) is 0 Å². The van der Waals surface area contributed by atoms with Gasteiger partial charge in [0.1, 0.15) is 17.9 Å². The van der Waals surface area contributed by atoms with E-state index in [2.05, 4.69) is 22.9 Å². The Balaban J connectivity index is 1.96. The van der Waals surface area contributed by atoms with Crippen molar-refractivity contribution in [3.05, 3.63) is 65.9 Å². The molecule has 0 saturated heterocycles. The molecule has 0 spiro atoms. The van der Waals surface area contributed by atoms with Gasteiger partial charge in [0, 0.05) is 17.1 Å². The Hall–Kier alpha value is -1.82. The molecular weight excluding hydrogens is 365 g/mol. The summed E-state index contributed by atoms with van der Waals surface area (Å²) in [6.07, 6.45) is 2.69. The van der Waals surface area contributed by atoms with Crippen LogP contribution in [-0.4, -0.2) is 9.07 Å². The standard InChI is InChI=1S/C16H12INO2/c17-18-9-13(10-19)14-7-4-8-15(16(14)18)20-11-12-5-2-1-3-6-12/h1-10H,11H2. The Kier molecular flexibility index (Phi) is 3.73. The Bertz CT molecular complexity index is 750. The first-order valence-electron chi connectivity index (χ1n) is 6.21. The molecule has 0 amide bonds. The maximum Gasteiger partial charge on any atom is 0.152 e. The van der Waals surface area contributed by atoms with Gasteiger partial charge in [0.05, 0.1) is 22.9 Å². The number of para-hydroxylation sites is 1. The van der Waals surface area contributed by atoms with Crippen molar-refractivity contribution < 1.29 is 9.53 Å². The van der Waals surface area contributed by atoms with Crippen molar-refractivity contribution in [1.29, 1.82) is 0 Å². The van der Waals surface area contributed by atoms with Gasteiger partial charge >= 0.3 is 0 Å². The average molecular weight is 377 g/mol. The van der Waals surface area contributed by atoms with E-state index in [1.807, 2.05) is 57.5 Å². The molecule has 0 radical (unpaired) electrons. The Morgan fingerprint density at radius 2 is 1.90 bits per heavy atom. The smallest absolute Gasteiger partial charge is 0.152 e. The molecule has 0 aliphatic heterocycles. The highest BCUT2D eigenvalue weighted by molar-refractivity contribution is 14.1. The molecule has 0 N–H and O–H groups in total. The van der Waals surface area contributed by atoms with Crippen LogP contribution in [0.1, 0.15) is 15.9 Å². The maximum absolute atomic E-state index is 11.1. The highest BCUT2D eigenvalue weighted by atomic mass is 127. The highest BCUT2D eigenvalue weighted by Gasteiger charge is 2.11. The second-order valence-corrected chi connectivity index (χ2v) is 5.48. The zero-order valence-corrected chi connectivity index (χ0v) is 12.8. The molecule has 0 saturated carbocycles. The van der Waals surface area contributed by atoms with Crippen LogP contribution in [0.5, 0.6) is 5.75 Å². The first-order chi connectivity index (χ1) is 9.79. The van der Waals surface area contributed by atoms with Gasteiger partial charge in [-0.25, -0.2) is 0 Å². The third kappa shape index (κ3) is 2.43. The van der Waals surface area contributed by atoms with Crippen molar-refractivity contribution in [2.24, 2.45) is 0 Å². The van der Waals surface area contributed by atoms with E-state index in [9.17, 15) is 4.79 Å². The normalized spacial score (nSPS) is 10.7. The maximum atomic E-state index is 11.1. The number of rotatable bonds is 4. The van der Waals surface area contributed by atoms with Gasteiger partial charge in [0.15, 0.2) is 6.29 Å². The molecule has 0 bridgehead atoms. The van der Waals surface area contributed by atoms with Gasteiger partial charge in [-0.3, -0.25) is 7.58 Å². The number of halogens is 1. The minimum absolute atomic E-state index is 0.512. The van der Waals surface area contributed by atoms with Gasteiger partial charge in [0.25, 0.3) is 0 Å². The number of aldehydes is 1. The monoisotopic (exact) mass is 377 g/mol. The Morgan fingerprint density at radius 1 is 1.10 bits per heavy atom. The van der Waals surface area contributed by atoms with Crippen molar-refractivity contribution >= 4 is 40.1 Å². The van der Waals surface area contributed by atoms with Crippen LogP contribution in [0.4, 0.5) is 0 Å². The largest absolute Gasteiger partial charge is 0.487 e. The quantitative estimate of drug-likeness (QED) is 0.503. The fourth-order valence-electron chi connectivity index (χ4n) is 2.18. The van der Waals surface area contributed by atoms with Crippen molar-refractivity contribution in [1.82, 2.24) is 2.78 Å². The number of fused-ring (bicyclic) bond motifs is 1. The summed E-state index contributed by atoms with van der Waals surface area (Å²) in [5.74, 6) is 0.786. The molecule has 0 aliphatic carbocycles. The number of nitrogens with zero attached hydrogens (tertiary/aromatic N) is 1. The predicted octanol–water partition coefficient (Wildman–Crippen LogP) is 4.23. The summed E-state index contributed by atoms with van der Waals surface area (Å²) in [5, 5.41) is 0.917. The van der Waals surface area contributed by atoms with Gasteiger partial charge in [-0.05, 0) is 11.6 Å². The fraction of sp³-hybridized carbons (Fsp3) is 0.0625. The molecule has 4 heteroatoms. The zero-order valence-electron chi connectivity index (χ0n) is 10.6. The molecule has 0 atom stereocenters. The first kappa shape index (κ1) is 13.2. The predicted molar refractivity (Wildman–Crippen MR) is 87.5 cm³/mol. The second-order valence-electron chi connectivity index (χ2n) is 4.44. The molecule has 2 aromatic carbocycles. The Labute approximate surface area is 130 Å². The molecule has 20 heavy (non-hydrogen) atoms. The number of hydrogen-bond donors (Lipinski definition) is 0. The molecule has 3 nitrogen and oxygen atoms in total. The van der Waals surface area contributed by atoms with Crippen LogP contribution in [0.15, 0.2) is 54.7 Å². The van der Waals surface area contributed by atoms with Crippen LogP contribution >= 0.6 is 22.9 Å². The summed E-state index contributed by atoms with van der Waals surface area (Å²) in [6, 6.07) is 15.8. The minimum Gasteiger partial charge on any atom is -0.487 e. The number of aromatic nitrogens is 1. The second kappa shape index (κ2) is 5.66. The van der Waals surface area contributed by atoms with E-state index in [1.54, 1.807) is 0 Å². The van der Waals surface area contributed by atoms with E-state index in [0.717, 1.165) is 28.5 Å². The number of benzene rings is 2. The highest BCUT2D eigenvalue weighted by Crippen LogP contribution is 2.31. The molecule has 3 aromatic rings. The van der Waals surface area contributed by atoms with Crippen LogP contribution in [0.3, 0.4) is 0 Å². The van der Waals surface area contributed by atoms with E-state index < -0.39 is 0 Å². The van der Waals surface area contributed by atoms with Gasteiger partial charge in [0.2, 0.25) is 0 Å². The zero-order chi connectivity index (χ0) is 13.9. The molecule has 1 heterocycles. The summed E-state index contributed by atoms with van der Waals surface area (Å²) >= 11 is 2.16. The van der Waals surface area contributed by atoms with Gasteiger partial charge < -0.3 is 4.74 Å². The van der Waals surface area contributed by atoms with Crippen molar-refractivity contribution in [3.63, 3.8) is 0 Å². The summed E-state index contributed by atoms with van der Waals surface area (Å²) in [4.78, 5) is 11.1. The van der Waals surface area contributed by atoms with E-state index in [4.69, 9.17) is 4.74 Å². The molecule has 0 fully saturated rings. The molecule has 0 aliphatic rings. The van der Waals surface area contributed by atoms with Crippen LogP contribution < -0.4 is 4.74 Å². The molecule has 3 rings (SSSR count). The lowest BCUT2D eigenvalue weighted by atomic mass is 10.2. The van der Waals surface area contributed by atoms with Crippen LogP contribution in [0, 0.1) is 0 Å². The molecule has 1 aromatic heterocycles. The lowest BCUT2D eigenvalue weighted by Crippen LogP contribution is -1.96. The third-order valence-electron chi connectivity index (χ3n) is 3.14. The van der Waals surface area contributed by atoms with E-state index in [-0.39, 0.29) is 0 Å². The van der Waals surface area contributed by atoms with E-state index in [1.165, 1.54) is 0 Å². The summed E-state index contributed by atoms with van der Waals surface area (Å²) in [5.41, 5.74) is 2.73. The molecule has 100 valence electrons. The molecular formula is C16H12INO2. The SMILES string of the molecule is O=Cc1cn(I)c2c(OCc3ccccc3)cccc12. The lowest BCUT2D eigenvalue weighted by Gasteiger charge is -2.08. The Morgan fingerprint density at radius 3 is 2.65 bits per heavy atom. The van der Waals surface area contributed by atoms with Gasteiger partial charge in [-0.1, -0.05) is 42.5 Å². The minimum atomic E-state index is 0.512. The van der Waals surface area contributed by atoms with Crippen LogP contribution in [0.25, 0.3) is 10.9 Å². The number of ether oxygens (including phenoxy) is 1. The topological polar surface area (TPSA) is 31.2 Å². The van der Waals surface area contributed by atoms with Crippen molar-refractivity contribution in [2.75, 3.05) is 0 Å². The van der Waals surface area contributed by atoms with Crippen LogP contribution in [-0.2, 0) is 6.61 Å². The van der Waals surface area contributed by atoms with Gasteiger partial charge in [-0.15, -0.1) is 0 Å². The summed E-state index contributed by atoms with van der Waals surface area (Å²) in [6.45, 7) is 0.512. The van der Waals surface area contributed by atoms with Crippen molar-refractivity contribution in [3.8, 4) is 5.75 Å². The lowest BCUT2D eigenvalue weighted by molar-refractivity contribution is 0.112. The fourth-order valence-corrected chi connectivity index (χ4v) is 2.98. The average Bonchev–Trinajstić information content (AvgIpc) is 2.83. The number of hydrogen-bond acceptors (Lipinski definition) is 2. The number of carbonyl (C=O) groups is 1. The summed E-state index contributed by atoms with van der Waals surface area (Å²) in [7, 11) is 0.